The summed E-state index contributed by atoms with van der Waals surface area (Å²) in [6, 6.07) is 2.75. The van der Waals surface area contributed by atoms with Gasteiger partial charge in [0.1, 0.15) is 5.56 Å². The molecule has 0 aromatic heterocycles. The van der Waals surface area contributed by atoms with Gasteiger partial charge in [-0.25, -0.2) is 0 Å². The molecule has 1 rings (SSSR count). The minimum absolute atomic E-state index is 0.145. The fourth-order valence-electron chi connectivity index (χ4n) is 2.17. The molecule has 0 heterocycles. The zero-order valence-electron chi connectivity index (χ0n) is 12.3. The summed E-state index contributed by atoms with van der Waals surface area (Å²) in [7, 11) is 0. The molecule has 21 heavy (non-hydrogen) atoms. The Balaban J connectivity index is 3.38. The molecule has 1 aromatic rings. The third kappa shape index (κ3) is 3.53. The number of nitro benzene ring substituents is 2. The lowest BCUT2D eigenvalue weighted by atomic mass is 10.1. The molecule has 0 aliphatic heterocycles. The van der Waals surface area contributed by atoms with Crippen LogP contribution in [-0.2, 0) is 0 Å². The quantitative estimate of drug-likeness (QED) is 0.613. The van der Waals surface area contributed by atoms with Crippen LogP contribution in [0.2, 0.25) is 0 Å². The lowest BCUT2D eigenvalue weighted by molar-refractivity contribution is -0.394. The van der Waals surface area contributed by atoms with Gasteiger partial charge in [0, 0.05) is 18.2 Å². The SMILES string of the molecule is CC(C)N(C(=O)c1ccc([N+](=O)[O-])cc1[N+](=O)[O-])C(C)C. The monoisotopic (exact) mass is 295 g/mol. The summed E-state index contributed by atoms with van der Waals surface area (Å²) < 4.78 is 0. The standard InChI is InChI=1S/C13H17N3O5/c1-8(2)14(9(3)4)13(17)11-6-5-10(15(18)19)7-12(11)16(20)21/h5-9H,1-4H3. The number of hydrogen-bond donors (Lipinski definition) is 0. The van der Waals surface area contributed by atoms with Gasteiger partial charge in [0.2, 0.25) is 0 Å². The van der Waals surface area contributed by atoms with Crippen LogP contribution in [0.15, 0.2) is 18.2 Å². The molecule has 0 N–H and O–H groups in total. The molecule has 0 saturated heterocycles. The van der Waals surface area contributed by atoms with E-state index >= 15 is 0 Å². The molecule has 0 bridgehead atoms. The highest BCUT2D eigenvalue weighted by atomic mass is 16.6. The summed E-state index contributed by atoms with van der Waals surface area (Å²) in [5, 5.41) is 21.8. The number of benzene rings is 1. The third-order valence-corrected chi connectivity index (χ3v) is 2.97. The number of rotatable bonds is 5. The first-order chi connectivity index (χ1) is 9.66. The summed E-state index contributed by atoms with van der Waals surface area (Å²) in [6.07, 6.45) is 0. The van der Waals surface area contributed by atoms with Crippen molar-refractivity contribution in [2.24, 2.45) is 0 Å². The maximum absolute atomic E-state index is 12.5. The predicted octanol–water partition coefficient (Wildman–Crippen LogP) is 2.76. The fraction of sp³-hybridized carbons (Fsp3) is 0.462. The first-order valence-electron chi connectivity index (χ1n) is 6.42. The van der Waals surface area contributed by atoms with Crippen LogP contribution in [0.4, 0.5) is 11.4 Å². The Hall–Kier alpha value is -2.51. The Morgan fingerprint density at radius 1 is 1.05 bits per heavy atom. The van der Waals surface area contributed by atoms with E-state index in [9.17, 15) is 25.0 Å². The van der Waals surface area contributed by atoms with Crippen LogP contribution in [0.1, 0.15) is 38.1 Å². The number of nitro groups is 2. The maximum atomic E-state index is 12.5. The minimum atomic E-state index is -0.779. The van der Waals surface area contributed by atoms with Crippen LogP contribution in [-0.4, -0.2) is 32.7 Å². The average molecular weight is 295 g/mol. The van der Waals surface area contributed by atoms with Gasteiger partial charge in [-0.15, -0.1) is 0 Å². The zero-order chi connectivity index (χ0) is 16.3. The molecule has 0 radical (unpaired) electrons. The second-order valence-corrected chi connectivity index (χ2v) is 5.12. The van der Waals surface area contributed by atoms with Crippen molar-refractivity contribution in [2.75, 3.05) is 0 Å². The molecule has 8 heteroatoms. The van der Waals surface area contributed by atoms with Crippen molar-refractivity contribution in [1.82, 2.24) is 4.90 Å². The van der Waals surface area contributed by atoms with Gasteiger partial charge in [0.15, 0.2) is 0 Å². The Morgan fingerprint density at radius 3 is 1.95 bits per heavy atom. The van der Waals surface area contributed by atoms with Crippen molar-refractivity contribution < 1.29 is 14.6 Å². The van der Waals surface area contributed by atoms with E-state index < -0.39 is 27.1 Å². The molecule has 0 unspecified atom stereocenters. The summed E-state index contributed by atoms with van der Waals surface area (Å²) >= 11 is 0. The maximum Gasteiger partial charge on any atom is 0.289 e. The van der Waals surface area contributed by atoms with Crippen molar-refractivity contribution in [3.05, 3.63) is 44.0 Å². The predicted molar refractivity (Wildman–Crippen MR) is 76.2 cm³/mol. The Bertz CT molecular complexity index is 575. The normalized spacial score (nSPS) is 10.8. The number of nitrogens with zero attached hydrogens (tertiary/aromatic N) is 3. The highest BCUT2D eigenvalue weighted by Gasteiger charge is 2.29. The van der Waals surface area contributed by atoms with Gasteiger partial charge in [-0.2, -0.15) is 0 Å². The molecule has 8 nitrogen and oxygen atoms in total. The van der Waals surface area contributed by atoms with E-state index in [-0.39, 0.29) is 17.6 Å². The van der Waals surface area contributed by atoms with E-state index in [1.54, 1.807) is 27.7 Å². The molecule has 1 amide bonds. The van der Waals surface area contributed by atoms with Crippen molar-refractivity contribution in [3.63, 3.8) is 0 Å². The Labute approximate surface area is 121 Å². The smallest absolute Gasteiger partial charge is 0.289 e. The summed E-state index contributed by atoms with van der Waals surface area (Å²) in [6.45, 7) is 7.20. The highest BCUT2D eigenvalue weighted by Crippen LogP contribution is 2.26. The van der Waals surface area contributed by atoms with Gasteiger partial charge >= 0.3 is 0 Å². The summed E-state index contributed by atoms with van der Waals surface area (Å²) in [5.74, 6) is -0.512. The molecular formula is C13H17N3O5. The zero-order valence-corrected chi connectivity index (χ0v) is 12.3. The molecule has 0 aliphatic carbocycles. The number of hydrogen-bond acceptors (Lipinski definition) is 5. The second kappa shape index (κ2) is 6.29. The lowest BCUT2D eigenvalue weighted by Crippen LogP contribution is -2.42. The lowest BCUT2D eigenvalue weighted by Gasteiger charge is -2.30. The van der Waals surface area contributed by atoms with Gasteiger partial charge in [0.05, 0.1) is 15.9 Å². The molecule has 114 valence electrons. The van der Waals surface area contributed by atoms with E-state index in [1.807, 2.05) is 0 Å². The Morgan fingerprint density at radius 2 is 1.57 bits per heavy atom. The molecule has 1 aromatic carbocycles. The largest absolute Gasteiger partial charge is 0.334 e. The molecule has 0 spiro atoms. The fourth-order valence-corrected chi connectivity index (χ4v) is 2.17. The van der Waals surface area contributed by atoms with Crippen LogP contribution in [0, 0.1) is 20.2 Å². The molecule has 0 atom stereocenters. The van der Waals surface area contributed by atoms with Crippen molar-refractivity contribution in [2.45, 2.75) is 39.8 Å². The van der Waals surface area contributed by atoms with Crippen molar-refractivity contribution >= 4 is 17.3 Å². The summed E-state index contributed by atoms with van der Waals surface area (Å²) in [5.41, 5.74) is -1.12. The number of carbonyl (C=O) groups is 1. The minimum Gasteiger partial charge on any atom is -0.334 e. The van der Waals surface area contributed by atoms with Gasteiger partial charge in [-0.05, 0) is 33.8 Å². The van der Waals surface area contributed by atoms with E-state index in [0.717, 1.165) is 18.2 Å². The van der Waals surface area contributed by atoms with Gasteiger partial charge < -0.3 is 4.90 Å². The van der Waals surface area contributed by atoms with E-state index in [0.29, 0.717) is 0 Å². The Kier molecular flexibility index (Phi) is 4.96. The van der Waals surface area contributed by atoms with Crippen LogP contribution in [0.25, 0.3) is 0 Å². The van der Waals surface area contributed by atoms with Crippen LogP contribution < -0.4 is 0 Å². The number of amides is 1. The summed E-state index contributed by atoms with van der Waals surface area (Å²) in [4.78, 5) is 34.2. The highest BCUT2D eigenvalue weighted by molar-refractivity contribution is 5.98. The second-order valence-electron chi connectivity index (χ2n) is 5.12. The van der Waals surface area contributed by atoms with E-state index in [2.05, 4.69) is 0 Å². The van der Waals surface area contributed by atoms with E-state index in [4.69, 9.17) is 0 Å². The van der Waals surface area contributed by atoms with Crippen molar-refractivity contribution in [1.29, 1.82) is 0 Å². The first kappa shape index (κ1) is 16.5. The average Bonchev–Trinajstić information content (AvgIpc) is 2.36. The van der Waals surface area contributed by atoms with Crippen LogP contribution >= 0.6 is 0 Å². The topological polar surface area (TPSA) is 107 Å². The van der Waals surface area contributed by atoms with Crippen LogP contribution in [0.3, 0.4) is 0 Å². The van der Waals surface area contributed by atoms with Crippen molar-refractivity contribution in [3.8, 4) is 0 Å². The van der Waals surface area contributed by atoms with Gasteiger partial charge in [0.25, 0.3) is 17.3 Å². The molecular weight excluding hydrogens is 278 g/mol. The van der Waals surface area contributed by atoms with Gasteiger partial charge in [-0.3, -0.25) is 25.0 Å². The number of non-ortho nitro benzene ring substituents is 1. The van der Waals surface area contributed by atoms with E-state index in [1.165, 1.54) is 4.90 Å². The third-order valence-electron chi connectivity index (χ3n) is 2.97. The number of carbonyl (C=O) groups excluding carboxylic acids is 1. The molecule has 0 fully saturated rings. The van der Waals surface area contributed by atoms with Crippen LogP contribution in [0.5, 0.6) is 0 Å². The molecule has 0 saturated carbocycles. The first-order valence-corrected chi connectivity index (χ1v) is 6.42. The van der Waals surface area contributed by atoms with Gasteiger partial charge in [-0.1, -0.05) is 0 Å². The molecule has 0 aliphatic rings.